The van der Waals surface area contributed by atoms with Crippen LogP contribution in [0.3, 0.4) is 0 Å². The number of hydrogen-bond acceptors (Lipinski definition) is 2. The minimum Gasteiger partial charge on any atom is -0.392 e. The van der Waals surface area contributed by atoms with Crippen LogP contribution in [0.4, 0.5) is 9.18 Å². The van der Waals surface area contributed by atoms with E-state index in [-0.39, 0.29) is 30.4 Å². The van der Waals surface area contributed by atoms with Crippen LogP contribution in [0.15, 0.2) is 18.2 Å². The molecule has 0 bridgehead atoms. The molecule has 4 nitrogen and oxygen atoms in total. The van der Waals surface area contributed by atoms with Crippen LogP contribution >= 0.6 is 0 Å². The number of carbonyl (C=O) groups excluding carboxylic acids is 1. The summed E-state index contributed by atoms with van der Waals surface area (Å²) < 4.78 is 13.9. The molecule has 0 aromatic heterocycles. The van der Waals surface area contributed by atoms with Gasteiger partial charge in [-0.05, 0) is 42.9 Å². The zero-order chi connectivity index (χ0) is 15.6. The summed E-state index contributed by atoms with van der Waals surface area (Å²) in [7, 11) is 1.64. The van der Waals surface area contributed by atoms with E-state index in [2.05, 4.69) is 12.2 Å². The first-order valence-electron chi connectivity index (χ1n) is 7.37. The van der Waals surface area contributed by atoms with Crippen molar-refractivity contribution in [3.05, 3.63) is 35.1 Å². The highest BCUT2D eigenvalue weighted by molar-refractivity contribution is 5.74. The third-order valence-electron chi connectivity index (χ3n) is 4.07. The van der Waals surface area contributed by atoms with Gasteiger partial charge in [0.25, 0.3) is 0 Å². The Hall–Kier alpha value is -1.62. The predicted octanol–water partition coefficient (Wildman–Crippen LogP) is 2.47. The molecule has 0 radical (unpaired) electrons. The van der Waals surface area contributed by atoms with Gasteiger partial charge in [0.1, 0.15) is 5.82 Å². The Kier molecular flexibility index (Phi) is 4.83. The fourth-order valence-electron chi connectivity index (χ4n) is 2.92. The lowest BCUT2D eigenvalue weighted by Gasteiger charge is -2.33. The Morgan fingerprint density at radius 1 is 1.57 bits per heavy atom. The molecule has 3 unspecified atom stereocenters. The number of nitrogens with one attached hydrogen (secondary N) is 1. The summed E-state index contributed by atoms with van der Waals surface area (Å²) in [6.45, 7) is 3.97. The second-order valence-corrected chi connectivity index (χ2v) is 5.98. The minimum atomic E-state index is -0.575. The molecule has 2 N–H and O–H groups in total. The SMILES string of the molecule is CC(O)CN(C)C(=O)NC1c2cccc(F)c2CCC1C. The highest BCUT2D eigenvalue weighted by Crippen LogP contribution is 2.35. The molecule has 2 rings (SSSR count). The summed E-state index contributed by atoms with van der Waals surface area (Å²) in [5.41, 5.74) is 1.58. The second-order valence-electron chi connectivity index (χ2n) is 5.98. The van der Waals surface area contributed by atoms with Gasteiger partial charge < -0.3 is 15.3 Å². The first-order chi connectivity index (χ1) is 9.90. The van der Waals surface area contributed by atoms with Gasteiger partial charge in [0.2, 0.25) is 0 Å². The van der Waals surface area contributed by atoms with Crippen LogP contribution in [0.25, 0.3) is 0 Å². The molecule has 1 aromatic rings. The average Bonchev–Trinajstić information content (AvgIpc) is 2.41. The molecule has 0 spiro atoms. The van der Waals surface area contributed by atoms with Crippen molar-refractivity contribution >= 4 is 6.03 Å². The maximum Gasteiger partial charge on any atom is 0.317 e. The molecule has 1 aliphatic carbocycles. The van der Waals surface area contributed by atoms with E-state index < -0.39 is 6.10 Å². The monoisotopic (exact) mass is 294 g/mol. The largest absolute Gasteiger partial charge is 0.392 e. The van der Waals surface area contributed by atoms with Gasteiger partial charge in [0, 0.05) is 13.6 Å². The fourth-order valence-corrected chi connectivity index (χ4v) is 2.92. The number of hydrogen-bond donors (Lipinski definition) is 2. The van der Waals surface area contributed by atoms with Crippen molar-refractivity contribution in [3.63, 3.8) is 0 Å². The van der Waals surface area contributed by atoms with Crippen molar-refractivity contribution in [2.45, 2.75) is 38.8 Å². The van der Waals surface area contributed by atoms with Gasteiger partial charge in [0.05, 0.1) is 12.1 Å². The normalized spacial score (nSPS) is 22.3. The number of benzene rings is 1. The van der Waals surface area contributed by atoms with Crippen molar-refractivity contribution in [1.82, 2.24) is 10.2 Å². The fraction of sp³-hybridized carbons (Fsp3) is 0.562. The first-order valence-corrected chi connectivity index (χ1v) is 7.37. The summed E-state index contributed by atoms with van der Waals surface area (Å²) >= 11 is 0. The molecular formula is C16H23FN2O2. The van der Waals surface area contributed by atoms with E-state index in [9.17, 15) is 14.3 Å². The van der Waals surface area contributed by atoms with Gasteiger partial charge in [0.15, 0.2) is 0 Å². The number of aliphatic hydroxyl groups excluding tert-OH is 1. The molecule has 116 valence electrons. The molecule has 3 atom stereocenters. The topological polar surface area (TPSA) is 52.6 Å². The number of urea groups is 1. The van der Waals surface area contributed by atoms with Crippen LogP contribution in [0.5, 0.6) is 0 Å². The Balaban J connectivity index is 2.17. The maximum absolute atomic E-state index is 13.9. The number of likely N-dealkylation sites (N-methyl/N-ethyl adjacent to an activating group) is 1. The number of rotatable bonds is 3. The molecule has 21 heavy (non-hydrogen) atoms. The van der Waals surface area contributed by atoms with Gasteiger partial charge in [-0.1, -0.05) is 19.1 Å². The quantitative estimate of drug-likeness (QED) is 0.900. The maximum atomic E-state index is 13.9. The van der Waals surface area contributed by atoms with E-state index >= 15 is 0 Å². The van der Waals surface area contributed by atoms with Crippen molar-refractivity contribution in [2.24, 2.45) is 5.92 Å². The van der Waals surface area contributed by atoms with Crippen molar-refractivity contribution in [1.29, 1.82) is 0 Å². The number of fused-ring (bicyclic) bond motifs is 1. The number of nitrogens with zero attached hydrogens (tertiary/aromatic N) is 1. The summed E-state index contributed by atoms with van der Waals surface area (Å²) in [4.78, 5) is 13.6. The molecule has 5 heteroatoms. The van der Waals surface area contributed by atoms with Gasteiger partial charge in [-0.25, -0.2) is 9.18 Å². The number of aliphatic hydroxyl groups is 1. The van der Waals surface area contributed by atoms with Crippen LogP contribution < -0.4 is 5.32 Å². The van der Waals surface area contributed by atoms with Crippen molar-refractivity contribution < 1.29 is 14.3 Å². The molecule has 0 fully saturated rings. The lowest BCUT2D eigenvalue weighted by Crippen LogP contribution is -2.44. The Morgan fingerprint density at radius 3 is 2.95 bits per heavy atom. The van der Waals surface area contributed by atoms with Crippen LogP contribution in [-0.2, 0) is 6.42 Å². The Labute approximate surface area is 125 Å². The van der Waals surface area contributed by atoms with Gasteiger partial charge in [-0.2, -0.15) is 0 Å². The van der Waals surface area contributed by atoms with Gasteiger partial charge in [-0.15, -0.1) is 0 Å². The van der Waals surface area contributed by atoms with Crippen molar-refractivity contribution in [3.8, 4) is 0 Å². The third kappa shape index (κ3) is 3.53. The van der Waals surface area contributed by atoms with E-state index in [1.54, 1.807) is 20.0 Å². The molecule has 2 amide bonds. The number of carbonyl (C=O) groups is 1. The summed E-state index contributed by atoms with van der Waals surface area (Å²) in [5.74, 6) is 0.0548. The van der Waals surface area contributed by atoms with Gasteiger partial charge in [-0.3, -0.25) is 0 Å². The lowest BCUT2D eigenvalue weighted by molar-refractivity contribution is 0.140. The average molecular weight is 294 g/mol. The highest BCUT2D eigenvalue weighted by Gasteiger charge is 2.30. The van der Waals surface area contributed by atoms with Crippen LogP contribution in [-0.4, -0.2) is 35.7 Å². The van der Waals surface area contributed by atoms with E-state index in [4.69, 9.17) is 0 Å². The molecule has 0 aliphatic heterocycles. The van der Waals surface area contributed by atoms with E-state index in [0.29, 0.717) is 12.0 Å². The predicted molar refractivity (Wildman–Crippen MR) is 79.5 cm³/mol. The van der Waals surface area contributed by atoms with Gasteiger partial charge >= 0.3 is 6.03 Å². The molecular weight excluding hydrogens is 271 g/mol. The molecule has 1 aromatic carbocycles. The van der Waals surface area contributed by atoms with Crippen LogP contribution in [0, 0.1) is 11.7 Å². The highest BCUT2D eigenvalue weighted by atomic mass is 19.1. The molecule has 0 saturated carbocycles. The van der Waals surface area contributed by atoms with E-state index in [1.807, 2.05) is 6.07 Å². The molecule has 0 saturated heterocycles. The number of halogens is 1. The smallest absolute Gasteiger partial charge is 0.317 e. The van der Waals surface area contributed by atoms with Crippen LogP contribution in [0.1, 0.15) is 37.4 Å². The summed E-state index contributed by atoms with van der Waals surface area (Å²) in [6, 6.07) is 4.60. The lowest BCUT2D eigenvalue weighted by atomic mass is 9.80. The number of amides is 2. The van der Waals surface area contributed by atoms with E-state index in [1.165, 1.54) is 11.0 Å². The second kappa shape index (κ2) is 6.43. The van der Waals surface area contributed by atoms with E-state index in [0.717, 1.165) is 12.0 Å². The summed E-state index contributed by atoms with van der Waals surface area (Å²) in [6.07, 6.45) is 0.979. The van der Waals surface area contributed by atoms with Crippen LogP contribution in [0.2, 0.25) is 0 Å². The molecule has 1 aliphatic rings. The zero-order valence-electron chi connectivity index (χ0n) is 12.8. The minimum absolute atomic E-state index is 0.187. The Morgan fingerprint density at radius 2 is 2.29 bits per heavy atom. The molecule has 0 heterocycles. The zero-order valence-corrected chi connectivity index (χ0v) is 12.8. The Bertz CT molecular complexity index is 519. The van der Waals surface area contributed by atoms with Crippen molar-refractivity contribution in [2.75, 3.05) is 13.6 Å². The summed E-state index contributed by atoms with van der Waals surface area (Å²) in [5, 5.41) is 12.3. The third-order valence-corrected chi connectivity index (χ3v) is 4.07. The standard InChI is InChI=1S/C16H23FN2O2/c1-10-7-8-12-13(5-4-6-14(12)17)15(10)18-16(21)19(3)9-11(2)20/h4-6,10-11,15,20H,7-9H2,1-3H3,(H,18,21). The first kappa shape index (κ1) is 15.8.